The normalized spacial score (nSPS) is 18.4. The number of carbonyl (C=O) groups is 2. The van der Waals surface area contributed by atoms with Gasteiger partial charge in [0.15, 0.2) is 0 Å². The van der Waals surface area contributed by atoms with Gasteiger partial charge >= 0.3 is 0 Å². The molecule has 1 heterocycles. The Kier molecular flexibility index (Phi) is 3.74. The van der Waals surface area contributed by atoms with Crippen molar-refractivity contribution in [3.63, 3.8) is 0 Å². The largest absolute Gasteiger partial charge is 0.398 e. The zero-order chi connectivity index (χ0) is 14.0. The summed E-state index contributed by atoms with van der Waals surface area (Å²) in [5.74, 6) is -0.0721. The molecule has 0 aliphatic carbocycles. The van der Waals surface area contributed by atoms with E-state index in [2.05, 4.69) is 5.32 Å². The highest BCUT2D eigenvalue weighted by molar-refractivity contribution is 5.97. The number of hydrogen-bond acceptors (Lipinski definition) is 3. The first-order chi connectivity index (χ1) is 8.99. The quantitative estimate of drug-likeness (QED) is 0.778. The molecule has 3 N–H and O–H groups in total. The van der Waals surface area contributed by atoms with Gasteiger partial charge < -0.3 is 16.0 Å². The number of nitrogens with one attached hydrogen (secondary N) is 1. The van der Waals surface area contributed by atoms with Crippen LogP contribution < -0.4 is 11.1 Å². The number of rotatable bonds is 2. The maximum atomic E-state index is 12.4. The Morgan fingerprint density at radius 3 is 2.84 bits per heavy atom. The van der Waals surface area contributed by atoms with E-state index in [-0.39, 0.29) is 17.9 Å². The third kappa shape index (κ3) is 2.86. The topological polar surface area (TPSA) is 75.4 Å². The molecule has 2 amide bonds. The minimum atomic E-state index is -0.0561. The lowest BCUT2D eigenvalue weighted by Gasteiger charge is -2.18. The second kappa shape index (κ2) is 5.30. The standard InChI is InChI=1S/C14H19N3O2/c1-9-12(4-3-5-13(9)15)14(19)17-7-6-11(8-17)16-10(2)18/h3-5,11H,6-8,15H2,1-2H3,(H,16,18). The maximum absolute atomic E-state index is 12.4. The summed E-state index contributed by atoms with van der Waals surface area (Å²) in [5, 5.41) is 2.85. The average molecular weight is 261 g/mol. The van der Waals surface area contributed by atoms with E-state index in [4.69, 9.17) is 5.73 Å². The fourth-order valence-electron chi connectivity index (χ4n) is 2.41. The first-order valence-corrected chi connectivity index (χ1v) is 6.40. The molecule has 0 spiro atoms. The minimum absolute atomic E-state index is 0.0161. The van der Waals surface area contributed by atoms with Crippen molar-refractivity contribution in [3.8, 4) is 0 Å². The molecule has 19 heavy (non-hydrogen) atoms. The molecule has 1 saturated heterocycles. The van der Waals surface area contributed by atoms with E-state index in [1.165, 1.54) is 6.92 Å². The van der Waals surface area contributed by atoms with Crippen molar-refractivity contribution in [2.75, 3.05) is 18.8 Å². The van der Waals surface area contributed by atoms with Gasteiger partial charge in [0.05, 0.1) is 0 Å². The number of nitrogens with two attached hydrogens (primary N) is 1. The Morgan fingerprint density at radius 2 is 2.16 bits per heavy atom. The summed E-state index contributed by atoms with van der Waals surface area (Å²) in [6.45, 7) is 4.57. The van der Waals surface area contributed by atoms with Crippen LogP contribution in [0.25, 0.3) is 0 Å². The number of hydrogen-bond donors (Lipinski definition) is 2. The van der Waals surface area contributed by atoms with Crippen LogP contribution in [0, 0.1) is 6.92 Å². The highest BCUT2D eigenvalue weighted by Crippen LogP contribution is 2.20. The first kappa shape index (κ1) is 13.4. The monoisotopic (exact) mass is 261 g/mol. The van der Waals surface area contributed by atoms with Gasteiger partial charge in [0.1, 0.15) is 0 Å². The predicted molar refractivity (Wildman–Crippen MR) is 73.7 cm³/mol. The lowest BCUT2D eigenvalue weighted by atomic mass is 10.1. The fourth-order valence-corrected chi connectivity index (χ4v) is 2.41. The molecule has 1 aliphatic heterocycles. The summed E-state index contributed by atoms with van der Waals surface area (Å²) < 4.78 is 0. The Morgan fingerprint density at radius 1 is 1.42 bits per heavy atom. The second-order valence-corrected chi connectivity index (χ2v) is 4.96. The maximum Gasteiger partial charge on any atom is 0.254 e. The van der Waals surface area contributed by atoms with Gasteiger partial charge in [0.2, 0.25) is 5.91 Å². The van der Waals surface area contributed by atoms with Crippen molar-refractivity contribution in [3.05, 3.63) is 29.3 Å². The number of benzene rings is 1. The Labute approximate surface area is 112 Å². The molecule has 1 aromatic carbocycles. The highest BCUT2D eigenvalue weighted by Gasteiger charge is 2.28. The molecule has 102 valence electrons. The summed E-state index contributed by atoms with van der Waals surface area (Å²) >= 11 is 0. The number of nitrogens with zero attached hydrogens (tertiary/aromatic N) is 1. The Balaban J connectivity index is 2.09. The molecule has 0 saturated carbocycles. The first-order valence-electron chi connectivity index (χ1n) is 6.40. The zero-order valence-corrected chi connectivity index (χ0v) is 11.3. The van der Waals surface area contributed by atoms with Gasteiger partial charge in [-0.1, -0.05) is 6.07 Å². The van der Waals surface area contributed by atoms with Crippen LogP contribution in [0.2, 0.25) is 0 Å². The molecule has 0 radical (unpaired) electrons. The molecule has 5 nitrogen and oxygen atoms in total. The third-order valence-corrected chi connectivity index (χ3v) is 3.49. The zero-order valence-electron chi connectivity index (χ0n) is 11.3. The van der Waals surface area contributed by atoms with Crippen molar-refractivity contribution in [1.29, 1.82) is 0 Å². The van der Waals surface area contributed by atoms with Gasteiger partial charge in [-0.15, -0.1) is 0 Å². The summed E-state index contributed by atoms with van der Waals surface area (Å²) in [6, 6.07) is 5.43. The summed E-state index contributed by atoms with van der Waals surface area (Å²) in [4.78, 5) is 25.2. The second-order valence-electron chi connectivity index (χ2n) is 4.96. The molecule has 5 heteroatoms. The van der Waals surface area contributed by atoms with Crippen LogP contribution in [0.4, 0.5) is 5.69 Å². The smallest absolute Gasteiger partial charge is 0.254 e. The number of likely N-dealkylation sites (tertiary alicyclic amines) is 1. The predicted octanol–water partition coefficient (Wildman–Crippen LogP) is 0.928. The molecule has 1 aromatic rings. The molecule has 0 aromatic heterocycles. The summed E-state index contributed by atoms with van der Waals surface area (Å²) in [5.41, 5.74) is 7.91. The molecule has 1 fully saturated rings. The van der Waals surface area contributed by atoms with Crippen LogP contribution in [0.5, 0.6) is 0 Å². The number of nitrogen functional groups attached to an aromatic ring is 1. The molecule has 0 bridgehead atoms. The lowest BCUT2D eigenvalue weighted by Crippen LogP contribution is -2.37. The highest BCUT2D eigenvalue weighted by atomic mass is 16.2. The van der Waals surface area contributed by atoms with Crippen molar-refractivity contribution in [1.82, 2.24) is 10.2 Å². The molecule has 1 aliphatic rings. The van der Waals surface area contributed by atoms with Crippen LogP contribution in [0.3, 0.4) is 0 Å². The minimum Gasteiger partial charge on any atom is -0.398 e. The van der Waals surface area contributed by atoms with Crippen molar-refractivity contribution in [2.24, 2.45) is 0 Å². The van der Waals surface area contributed by atoms with E-state index in [1.807, 2.05) is 6.92 Å². The number of anilines is 1. The molecular weight excluding hydrogens is 242 g/mol. The van der Waals surface area contributed by atoms with Gasteiger partial charge in [-0.05, 0) is 31.0 Å². The van der Waals surface area contributed by atoms with Gasteiger partial charge in [0, 0.05) is 37.3 Å². The van der Waals surface area contributed by atoms with E-state index in [0.29, 0.717) is 24.3 Å². The van der Waals surface area contributed by atoms with E-state index in [1.54, 1.807) is 23.1 Å². The van der Waals surface area contributed by atoms with Gasteiger partial charge in [-0.2, -0.15) is 0 Å². The fraction of sp³-hybridized carbons (Fsp3) is 0.429. The molecule has 1 atom stereocenters. The van der Waals surface area contributed by atoms with Crippen molar-refractivity contribution in [2.45, 2.75) is 26.3 Å². The van der Waals surface area contributed by atoms with Gasteiger partial charge in [-0.3, -0.25) is 9.59 Å². The Bertz CT molecular complexity index is 513. The summed E-state index contributed by atoms with van der Waals surface area (Å²) in [6.07, 6.45) is 0.798. The van der Waals surface area contributed by atoms with E-state index in [9.17, 15) is 9.59 Å². The van der Waals surface area contributed by atoms with Crippen LogP contribution in [0.1, 0.15) is 29.3 Å². The van der Waals surface area contributed by atoms with Crippen LogP contribution in [-0.2, 0) is 4.79 Å². The van der Waals surface area contributed by atoms with Crippen molar-refractivity contribution < 1.29 is 9.59 Å². The third-order valence-electron chi connectivity index (χ3n) is 3.49. The Hall–Kier alpha value is -2.04. The van der Waals surface area contributed by atoms with E-state index in [0.717, 1.165) is 12.0 Å². The number of carbonyl (C=O) groups excluding carboxylic acids is 2. The van der Waals surface area contributed by atoms with Gasteiger partial charge in [-0.25, -0.2) is 0 Å². The lowest BCUT2D eigenvalue weighted by molar-refractivity contribution is -0.119. The van der Waals surface area contributed by atoms with Crippen LogP contribution >= 0.6 is 0 Å². The summed E-state index contributed by atoms with van der Waals surface area (Å²) in [7, 11) is 0. The van der Waals surface area contributed by atoms with E-state index >= 15 is 0 Å². The average Bonchev–Trinajstić information content (AvgIpc) is 2.79. The van der Waals surface area contributed by atoms with Crippen LogP contribution in [-0.4, -0.2) is 35.8 Å². The van der Waals surface area contributed by atoms with Crippen molar-refractivity contribution >= 4 is 17.5 Å². The number of amides is 2. The van der Waals surface area contributed by atoms with Gasteiger partial charge in [0.25, 0.3) is 5.91 Å². The molecular formula is C14H19N3O2. The van der Waals surface area contributed by atoms with Crippen LogP contribution in [0.15, 0.2) is 18.2 Å². The van der Waals surface area contributed by atoms with E-state index < -0.39 is 0 Å². The molecule has 1 unspecified atom stereocenters. The molecule has 2 rings (SSSR count). The SMILES string of the molecule is CC(=O)NC1CCN(C(=O)c2cccc(N)c2C)C1.